The fraction of sp³-hybridized carbons (Fsp3) is 0.240. The average Bonchev–Trinajstić information content (AvgIpc) is 3.44. The van der Waals surface area contributed by atoms with Crippen molar-refractivity contribution < 1.29 is 4.79 Å². The lowest BCUT2D eigenvalue weighted by Gasteiger charge is -2.28. The SMILES string of the molecule is CC12C=C3C=CC(=N3)C=c3ccc([nH]3)=CC3=NC(=CC(N1)C(C)(C)C2=CC=O)C=C3. The van der Waals surface area contributed by atoms with Crippen LogP contribution in [0.1, 0.15) is 20.8 Å². The smallest absolute Gasteiger partial charge is 0.142 e. The Labute approximate surface area is 175 Å². The minimum absolute atomic E-state index is 0.0127. The summed E-state index contributed by atoms with van der Waals surface area (Å²) in [5.74, 6) is 0. The molecule has 2 atom stereocenters. The molecule has 0 spiro atoms. The van der Waals surface area contributed by atoms with Gasteiger partial charge in [0, 0.05) is 22.2 Å². The standard InChI is InChI=1S/C25H24N4O/c1-24(2)22(10-11-30)25(3)15-21-9-8-19(28-21)13-17-5-4-16(26-17)12-18-6-7-20(27-18)14-23(24)29-25/h4-15,23,26,29H,1-3H3. The summed E-state index contributed by atoms with van der Waals surface area (Å²) in [4.78, 5) is 24.4. The van der Waals surface area contributed by atoms with Crippen LogP contribution in [0.3, 0.4) is 0 Å². The van der Waals surface area contributed by atoms with Gasteiger partial charge in [0.1, 0.15) is 6.29 Å². The zero-order chi connectivity index (χ0) is 20.9. The van der Waals surface area contributed by atoms with Crippen LogP contribution in [0, 0.1) is 5.41 Å². The first-order valence-electron chi connectivity index (χ1n) is 10.2. The molecular weight excluding hydrogens is 372 g/mol. The number of aliphatic imine (C=N–C) groups is 2. The summed E-state index contributed by atoms with van der Waals surface area (Å²) in [5.41, 5.74) is 3.87. The topological polar surface area (TPSA) is 69.6 Å². The van der Waals surface area contributed by atoms with Gasteiger partial charge in [-0.15, -0.1) is 0 Å². The van der Waals surface area contributed by atoms with Crippen molar-refractivity contribution in [2.45, 2.75) is 32.4 Å². The molecule has 4 aliphatic rings. The van der Waals surface area contributed by atoms with Gasteiger partial charge in [-0.3, -0.25) is 10.1 Å². The van der Waals surface area contributed by atoms with E-state index in [2.05, 4.69) is 43.2 Å². The highest BCUT2D eigenvalue weighted by atomic mass is 16.1. The molecule has 30 heavy (non-hydrogen) atoms. The van der Waals surface area contributed by atoms with Crippen molar-refractivity contribution in [3.05, 3.63) is 82.3 Å². The van der Waals surface area contributed by atoms with Crippen molar-refractivity contribution in [1.29, 1.82) is 0 Å². The lowest BCUT2D eigenvalue weighted by atomic mass is 9.75. The summed E-state index contributed by atoms with van der Waals surface area (Å²) in [6.45, 7) is 6.43. The lowest BCUT2D eigenvalue weighted by Crippen LogP contribution is -2.39. The Morgan fingerprint density at radius 2 is 1.57 bits per heavy atom. The molecule has 0 saturated carbocycles. The highest BCUT2D eigenvalue weighted by Gasteiger charge is 2.49. The predicted molar refractivity (Wildman–Crippen MR) is 122 cm³/mol. The molecule has 150 valence electrons. The maximum atomic E-state index is 11.5. The second kappa shape index (κ2) is 6.61. The van der Waals surface area contributed by atoms with Gasteiger partial charge >= 0.3 is 0 Å². The second-order valence-electron chi connectivity index (χ2n) is 8.82. The van der Waals surface area contributed by atoms with Crippen LogP contribution < -0.4 is 16.0 Å². The Hall–Kier alpha value is -3.31. The number of allylic oxidation sites excluding steroid dienone is 5. The zero-order valence-corrected chi connectivity index (χ0v) is 17.3. The van der Waals surface area contributed by atoms with E-state index in [9.17, 15) is 4.79 Å². The maximum Gasteiger partial charge on any atom is 0.142 e. The van der Waals surface area contributed by atoms with E-state index in [1.165, 1.54) is 0 Å². The molecule has 0 aliphatic carbocycles. The number of aromatic nitrogens is 1. The third-order valence-corrected chi connectivity index (χ3v) is 6.20. The predicted octanol–water partition coefficient (Wildman–Crippen LogP) is 2.26. The van der Waals surface area contributed by atoms with E-state index in [0.29, 0.717) is 0 Å². The minimum Gasteiger partial charge on any atom is -0.355 e. The van der Waals surface area contributed by atoms with Crippen LogP contribution in [-0.4, -0.2) is 34.3 Å². The number of hydrogen-bond acceptors (Lipinski definition) is 4. The fourth-order valence-corrected chi connectivity index (χ4v) is 4.75. The molecule has 5 heterocycles. The summed E-state index contributed by atoms with van der Waals surface area (Å²) < 4.78 is 0. The molecule has 5 rings (SSSR count). The van der Waals surface area contributed by atoms with E-state index >= 15 is 0 Å². The molecule has 4 aliphatic heterocycles. The van der Waals surface area contributed by atoms with Crippen molar-refractivity contribution in [2.24, 2.45) is 15.4 Å². The normalized spacial score (nSPS) is 29.7. The molecule has 0 radical (unpaired) electrons. The number of carbonyl (C=O) groups is 1. The highest BCUT2D eigenvalue weighted by Crippen LogP contribution is 2.46. The Morgan fingerprint density at radius 3 is 2.23 bits per heavy atom. The molecule has 1 aromatic heterocycles. The molecule has 1 aromatic rings. The Bertz CT molecular complexity index is 1280. The number of carbonyl (C=O) groups excluding carboxylic acids is 1. The van der Waals surface area contributed by atoms with E-state index in [4.69, 9.17) is 9.98 Å². The lowest BCUT2D eigenvalue weighted by molar-refractivity contribution is -0.104. The molecular formula is C25H24N4O. The van der Waals surface area contributed by atoms with Crippen molar-refractivity contribution >= 4 is 29.9 Å². The van der Waals surface area contributed by atoms with Gasteiger partial charge in [-0.05, 0) is 79.3 Å². The van der Waals surface area contributed by atoms with Crippen LogP contribution in [0.15, 0.2) is 81.6 Å². The van der Waals surface area contributed by atoms with Crippen LogP contribution in [0.2, 0.25) is 0 Å². The Morgan fingerprint density at radius 1 is 0.933 bits per heavy atom. The van der Waals surface area contributed by atoms with Gasteiger partial charge in [-0.2, -0.15) is 0 Å². The molecule has 8 bridgehead atoms. The average molecular weight is 396 g/mol. The maximum absolute atomic E-state index is 11.5. The van der Waals surface area contributed by atoms with Gasteiger partial charge in [-0.1, -0.05) is 13.8 Å². The third-order valence-electron chi connectivity index (χ3n) is 6.20. The van der Waals surface area contributed by atoms with Gasteiger partial charge in [-0.25, -0.2) is 9.98 Å². The monoisotopic (exact) mass is 396 g/mol. The molecule has 5 heteroatoms. The van der Waals surface area contributed by atoms with Gasteiger partial charge in [0.05, 0.1) is 28.4 Å². The Kier molecular flexibility index (Phi) is 4.12. The van der Waals surface area contributed by atoms with E-state index in [1.807, 2.05) is 48.6 Å². The van der Waals surface area contributed by atoms with Crippen LogP contribution in [-0.2, 0) is 4.79 Å². The molecule has 1 saturated heterocycles. The van der Waals surface area contributed by atoms with Crippen LogP contribution in [0.5, 0.6) is 0 Å². The zero-order valence-electron chi connectivity index (χ0n) is 17.3. The van der Waals surface area contributed by atoms with Gasteiger partial charge < -0.3 is 4.98 Å². The van der Waals surface area contributed by atoms with Crippen molar-refractivity contribution in [2.75, 3.05) is 0 Å². The van der Waals surface area contributed by atoms with E-state index in [0.717, 1.165) is 45.4 Å². The van der Waals surface area contributed by atoms with E-state index in [1.54, 1.807) is 6.08 Å². The summed E-state index contributed by atoms with van der Waals surface area (Å²) in [7, 11) is 0. The Balaban J connectivity index is 1.73. The van der Waals surface area contributed by atoms with Gasteiger partial charge in [0.15, 0.2) is 0 Å². The van der Waals surface area contributed by atoms with Crippen LogP contribution in [0.4, 0.5) is 0 Å². The highest BCUT2D eigenvalue weighted by molar-refractivity contribution is 6.20. The molecule has 0 aromatic carbocycles. The first kappa shape index (κ1) is 18.7. The molecule has 2 unspecified atom stereocenters. The van der Waals surface area contributed by atoms with Crippen LogP contribution in [0.25, 0.3) is 12.2 Å². The fourth-order valence-electron chi connectivity index (χ4n) is 4.75. The molecule has 2 N–H and O–H groups in total. The largest absolute Gasteiger partial charge is 0.355 e. The number of hydrogen-bond donors (Lipinski definition) is 2. The molecule has 0 amide bonds. The molecule has 5 nitrogen and oxygen atoms in total. The summed E-state index contributed by atoms with van der Waals surface area (Å²) in [6.07, 6.45) is 19.0. The van der Waals surface area contributed by atoms with Gasteiger partial charge in [0.25, 0.3) is 0 Å². The summed E-state index contributed by atoms with van der Waals surface area (Å²) in [5, 5.41) is 5.72. The van der Waals surface area contributed by atoms with Gasteiger partial charge in [0.2, 0.25) is 0 Å². The number of nitrogens with zero attached hydrogens (tertiary/aromatic N) is 2. The van der Waals surface area contributed by atoms with Crippen LogP contribution >= 0.6 is 0 Å². The van der Waals surface area contributed by atoms with Crippen molar-refractivity contribution in [1.82, 2.24) is 10.3 Å². The number of aromatic amines is 1. The van der Waals surface area contributed by atoms with E-state index in [-0.39, 0.29) is 11.5 Å². The number of rotatable bonds is 1. The van der Waals surface area contributed by atoms with Crippen molar-refractivity contribution in [3.63, 3.8) is 0 Å². The number of nitrogens with one attached hydrogen (secondary N) is 2. The third kappa shape index (κ3) is 3.12. The number of aldehydes is 1. The number of fused-ring (bicyclic) bond motifs is 6. The van der Waals surface area contributed by atoms with Crippen molar-refractivity contribution in [3.8, 4) is 0 Å². The summed E-state index contributed by atoms with van der Waals surface area (Å²) in [6, 6.07) is 4.09. The van der Waals surface area contributed by atoms with E-state index < -0.39 is 5.54 Å². The second-order valence-corrected chi connectivity index (χ2v) is 8.82. The first-order valence-corrected chi connectivity index (χ1v) is 10.2. The quantitative estimate of drug-likeness (QED) is 0.565. The minimum atomic E-state index is -0.498. The number of H-pyrrole nitrogens is 1. The summed E-state index contributed by atoms with van der Waals surface area (Å²) >= 11 is 0. The molecule has 1 fully saturated rings. The first-order chi connectivity index (χ1) is 14.4.